The van der Waals surface area contributed by atoms with Crippen LogP contribution in [-0.2, 0) is 20.9 Å². The van der Waals surface area contributed by atoms with Gasteiger partial charge in [0, 0.05) is 12.5 Å². The van der Waals surface area contributed by atoms with Crippen LogP contribution in [0.3, 0.4) is 0 Å². The molecule has 0 radical (unpaired) electrons. The first-order valence-corrected chi connectivity index (χ1v) is 7.60. The maximum Gasteiger partial charge on any atom is 0.325 e. The average Bonchev–Trinajstić information content (AvgIpc) is 2.55. The van der Waals surface area contributed by atoms with Crippen molar-refractivity contribution in [3.8, 4) is 0 Å². The molecule has 2 rings (SSSR count). The molecule has 0 aromatic heterocycles. The summed E-state index contributed by atoms with van der Waals surface area (Å²) in [4.78, 5) is 25.9. The zero-order valence-electron chi connectivity index (χ0n) is 12.6. The van der Waals surface area contributed by atoms with E-state index in [0.29, 0.717) is 6.54 Å². The number of hydrogen-bond acceptors (Lipinski definition) is 3. The Morgan fingerprint density at radius 3 is 2.43 bits per heavy atom. The summed E-state index contributed by atoms with van der Waals surface area (Å²) in [6.45, 7) is 0.492. The van der Waals surface area contributed by atoms with Crippen LogP contribution in [0.15, 0.2) is 30.3 Å². The summed E-state index contributed by atoms with van der Waals surface area (Å²) in [5, 5.41) is 0. The number of carbonyl (C=O) groups excluding carboxylic acids is 2. The van der Waals surface area contributed by atoms with Crippen LogP contribution in [0, 0.1) is 5.92 Å². The molecule has 114 valence electrons. The van der Waals surface area contributed by atoms with Gasteiger partial charge in [-0.3, -0.25) is 9.59 Å². The van der Waals surface area contributed by atoms with Crippen LogP contribution in [0.2, 0.25) is 0 Å². The standard InChI is InChI=1S/C17H23NO3/c1-21-16(19)13-18(12-14-8-4-2-5-9-14)17(20)15-10-6-3-7-11-15/h2,4-5,8-9,15H,3,6-7,10-13H2,1H3. The lowest BCUT2D eigenvalue weighted by molar-refractivity contribution is -0.149. The molecule has 0 N–H and O–H groups in total. The van der Waals surface area contributed by atoms with Gasteiger partial charge in [-0.15, -0.1) is 0 Å². The number of carbonyl (C=O) groups is 2. The maximum atomic E-state index is 12.7. The van der Waals surface area contributed by atoms with E-state index in [-0.39, 0.29) is 24.3 Å². The van der Waals surface area contributed by atoms with Gasteiger partial charge in [-0.2, -0.15) is 0 Å². The summed E-state index contributed by atoms with van der Waals surface area (Å²) in [6, 6.07) is 9.77. The largest absolute Gasteiger partial charge is 0.468 e. The third-order valence-corrected chi connectivity index (χ3v) is 4.03. The maximum absolute atomic E-state index is 12.7. The van der Waals surface area contributed by atoms with Crippen molar-refractivity contribution in [2.75, 3.05) is 13.7 Å². The van der Waals surface area contributed by atoms with Crippen molar-refractivity contribution in [2.45, 2.75) is 38.6 Å². The van der Waals surface area contributed by atoms with Crippen LogP contribution in [0.5, 0.6) is 0 Å². The summed E-state index contributed by atoms with van der Waals surface area (Å²) in [6.07, 6.45) is 5.29. The molecule has 21 heavy (non-hydrogen) atoms. The number of amides is 1. The van der Waals surface area contributed by atoms with Crippen molar-refractivity contribution in [3.63, 3.8) is 0 Å². The van der Waals surface area contributed by atoms with Gasteiger partial charge in [0.2, 0.25) is 5.91 Å². The van der Waals surface area contributed by atoms with Gasteiger partial charge in [0.05, 0.1) is 7.11 Å². The number of rotatable bonds is 5. The monoisotopic (exact) mass is 289 g/mol. The number of benzene rings is 1. The smallest absolute Gasteiger partial charge is 0.325 e. The van der Waals surface area contributed by atoms with Crippen molar-refractivity contribution < 1.29 is 14.3 Å². The van der Waals surface area contributed by atoms with Gasteiger partial charge < -0.3 is 9.64 Å². The van der Waals surface area contributed by atoms with E-state index in [4.69, 9.17) is 4.74 Å². The van der Waals surface area contributed by atoms with E-state index in [1.54, 1.807) is 4.90 Å². The van der Waals surface area contributed by atoms with Crippen molar-refractivity contribution in [1.29, 1.82) is 0 Å². The Kier molecular flexibility index (Phi) is 5.78. The molecule has 1 aromatic carbocycles. The van der Waals surface area contributed by atoms with E-state index in [9.17, 15) is 9.59 Å². The Hall–Kier alpha value is -1.84. The zero-order valence-corrected chi connectivity index (χ0v) is 12.6. The average molecular weight is 289 g/mol. The first-order chi connectivity index (χ1) is 10.2. The van der Waals surface area contributed by atoms with Gasteiger partial charge in [0.1, 0.15) is 6.54 Å². The van der Waals surface area contributed by atoms with Gasteiger partial charge in [-0.05, 0) is 18.4 Å². The van der Waals surface area contributed by atoms with Crippen LogP contribution in [-0.4, -0.2) is 30.4 Å². The van der Waals surface area contributed by atoms with Crippen molar-refractivity contribution >= 4 is 11.9 Å². The molecule has 1 amide bonds. The lowest BCUT2D eigenvalue weighted by Crippen LogP contribution is -2.40. The molecule has 1 aliphatic carbocycles. The van der Waals surface area contributed by atoms with Crippen molar-refractivity contribution in [2.24, 2.45) is 5.92 Å². The Morgan fingerprint density at radius 1 is 1.14 bits per heavy atom. The molecular formula is C17H23NO3. The molecule has 0 heterocycles. The summed E-state index contributed by atoms with van der Waals surface area (Å²) >= 11 is 0. The number of ether oxygens (including phenoxy) is 1. The third-order valence-electron chi connectivity index (χ3n) is 4.03. The van der Waals surface area contributed by atoms with Gasteiger partial charge in [-0.1, -0.05) is 49.6 Å². The van der Waals surface area contributed by atoms with Gasteiger partial charge in [0.15, 0.2) is 0 Å². The summed E-state index contributed by atoms with van der Waals surface area (Å²) in [5.74, 6) is -0.217. The normalized spacial score (nSPS) is 15.5. The van der Waals surface area contributed by atoms with E-state index < -0.39 is 0 Å². The molecule has 1 aliphatic rings. The SMILES string of the molecule is COC(=O)CN(Cc1ccccc1)C(=O)C1CCCCC1. The molecule has 0 aliphatic heterocycles. The highest BCUT2D eigenvalue weighted by Crippen LogP contribution is 2.26. The second-order valence-corrected chi connectivity index (χ2v) is 5.59. The topological polar surface area (TPSA) is 46.6 Å². The predicted octanol–water partition coefficient (Wildman–Crippen LogP) is 2.77. The third kappa shape index (κ3) is 4.59. The first kappa shape index (κ1) is 15.5. The molecule has 0 unspecified atom stereocenters. The molecular weight excluding hydrogens is 266 g/mol. The Balaban J connectivity index is 2.07. The van der Waals surface area contributed by atoms with Gasteiger partial charge in [0.25, 0.3) is 0 Å². The number of nitrogens with zero attached hydrogens (tertiary/aromatic N) is 1. The van der Waals surface area contributed by atoms with E-state index >= 15 is 0 Å². The molecule has 0 spiro atoms. The molecule has 0 atom stereocenters. The van der Waals surface area contributed by atoms with Crippen molar-refractivity contribution in [1.82, 2.24) is 4.90 Å². The molecule has 1 aromatic rings. The molecule has 0 bridgehead atoms. The fourth-order valence-corrected chi connectivity index (χ4v) is 2.84. The lowest BCUT2D eigenvalue weighted by Gasteiger charge is -2.28. The fraction of sp³-hybridized carbons (Fsp3) is 0.529. The minimum atomic E-state index is -0.366. The van der Waals surface area contributed by atoms with Gasteiger partial charge in [-0.25, -0.2) is 0 Å². The lowest BCUT2D eigenvalue weighted by atomic mass is 9.88. The van der Waals surface area contributed by atoms with Gasteiger partial charge >= 0.3 is 5.97 Å². The van der Waals surface area contributed by atoms with Crippen LogP contribution >= 0.6 is 0 Å². The molecule has 4 heteroatoms. The summed E-state index contributed by atoms with van der Waals surface area (Å²) < 4.78 is 4.72. The Labute approximate surface area is 126 Å². The Morgan fingerprint density at radius 2 is 1.81 bits per heavy atom. The molecule has 4 nitrogen and oxygen atoms in total. The zero-order chi connectivity index (χ0) is 15.1. The first-order valence-electron chi connectivity index (χ1n) is 7.60. The molecule has 1 saturated carbocycles. The second-order valence-electron chi connectivity index (χ2n) is 5.59. The minimum Gasteiger partial charge on any atom is -0.468 e. The second kappa shape index (κ2) is 7.81. The highest BCUT2D eigenvalue weighted by Gasteiger charge is 2.27. The fourth-order valence-electron chi connectivity index (χ4n) is 2.84. The summed E-state index contributed by atoms with van der Waals surface area (Å²) in [7, 11) is 1.36. The highest BCUT2D eigenvalue weighted by molar-refractivity contribution is 5.83. The predicted molar refractivity (Wildman–Crippen MR) is 80.5 cm³/mol. The summed E-state index contributed by atoms with van der Waals surface area (Å²) in [5.41, 5.74) is 1.03. The van der Waals surface area contributed by atoms with E-state index in [1.807, 2.05) is 30.3 Å². The number of methoxy groups -OCH3 is 1. The van der Waals surface area contributed by atoms with E-state index in [1.165, 1.54) is 13.5 Å². The molecule has 1 fully saturated rings. The van der Waals surface area contributed by atoms with Crippen molar-refractivity contribution in [3.05, 3.63) is 35.9 Å². The number of esters is 1. The molecule has 0 saturated heterocycles. The number of hydrogen-bond donors (Lipinski definition) is 0. The van der Waals surface area contributed by atoms with E-state index in [0.717, 1.165) is 31.2 Å². The quantitative estimate of drug-likeness (QED) is 0.783. The Bertz CT molecular complexity index is 466. The van der Waals surface area contributed by atoms with Crippen LogP contribution in [0.4, 0.5) is 0 Å². The van der Waals surface area contributed by atoms with Crippen LogP contribution in [0.1, 0.15) is 37.7 Å². The highest BCUT2D eigenvalue weighted by atomic mass is 16.5. The van der Waals surface area contributed by atoms with Crippen LogP contribution in [0.25, 0.3) is 0 Å². The van der Waals surface area contributed by atoms with E-state index in [2.05, 4.69) is 0 Å². The van der Waals surface area contributed by atoms with Crippen LogP contribution < -0.4 is 0 Å². The minimum absolute atomic E-state index is 0.0285.